The fourth-order valence-corrected chi connectivity index (χ4v) is 1.86. The first kappa shape index (κ1) is 9.78. The van der Waals surface area contributed by atoms with Crippen molar-refractivity contribution in [1.29, 1.82) is 0 Å². The second-order valence-corrected chi connectivity index (χ2v) is 3.78. The fourth-order valence-electron chi connectivity index (χ4n) is 1.86. The van der Waals surface area contributed by atoms with E-state index in [1.807, 2.05) is 42.5 Å². The number of hydrogen-bond donors (Lipinski definition) is 0. The van der Waals surface area contributed by atoms with Gasteiger partial charge in [-0.3, -0.25) is 0 Å². The third-order valence-electron chi connectivity index (χ3n) is 2.68. The van der Waals surface area contributed by atoms with Crippen molar-refractivity contribution in [1.82, 2.24) is 0 Å². The summed E-state index contributed by atoms with van der Waals surface area (Å²) in [5, 5.41) is 2.09. The van der Waals surface area contributed by atoms with E-state index in [2.05, 4.69) is 11.6 Å². The van der Waals surface area contributed by atoms with E-state index in [9.17, 15) is 4.79 Å². The molecule has 1 aliphatic heterocycles. The second kappa shape index (κ2) is 3.56. The van der Waals surface area contributed by atoms with Crippen LogP contribution in [0.5, 0.6) is 0 Å². The van der Waals surface area contributed by atoms with Crippen molar-refractivity contribution in [2.24, 2.45) is 4.99 Å². The van der Waals surface area contributed by atoms with E-state index in [1.54, 1.807) is 0 Å². The predicted octanol–water partition coefficient (Wildman–Crippen LogP) is 2.66. The molecular formula is C14H9NO2. The molecule has 0 radical (unpaired) electrons. The number of rotatable bonds is 1. The Bertz CT molecular complexity index is 665. The van der Waals surface area contributed by atoms with Gasteiger partial charge < -0.3 is 4.74 Å². The third-order valence-corrected chi connectivity index (χ3v) is 2.68. The molecule has 0 unspecified atom stereocenters. The minimum atomic E-state index is -0.479. The minimum Gasteiger partial charge on any atom is -0.402 e. The SMILES string of the molecule is C=C1N=C(c2cccc3ccccc23)OC1=O. The quantitative estimate of drug-likeness (QED) is 0.550. The molecule has 82 valence electrons. The molecule has 0 bridgehead atoms. The average molecular weight is 223 g/mol. The number of carbonyl (C=O) groups is 1. The Morgan fingerprint density at radius 3 is 2.59 bits per heavy atom. The molecule has 0 aromatic heterocycles. The van der Waals surface area contributed by atoms with Crippen LogP contribution >= 0.6 is 0 Å². The summed E-state index contributed by atoms with van der Waals surface area (Å²) >= 11 is 0. The van der Waals surface area contributed by atoms with Crippen molar-refractivity contribution in [3.8, 4) is 0 Å². The number of ether oxygens (including phenoxy) is 1. The number of esters is 1. The zero-order valence-corrected chi connectivity index (χ0v) is 9.01. The van der Waals surface area contributed by atoms with Crippen molar-refractivity contribution in [3.63, 3.8) is 0 Å². The highest BCUT2D eigenvalue weighted by molar-refractivity contribution is 6.16. The molecule has 3 heteroatoms. The lowest BCUT2D eigenvalue weighted by molar-refractivity contribution is -0.129. The fraction of sp³-hybridized carbons (Fsp3) is 0. The molecule has 3 nitrogen and oxygen atoms in total. The number of hydrogen-bond acceptors (Lipinski definition) is 3. The first-order valence-corrected chi connectivity index (χ1v) is 5.23. The van der Waals surface area contributed by atoms with E-state index in [0.29, 0.717) is 5.90 Å². The van der Waals surface area contributed by atoms with Gasteiger partial charge in [-0.2, -0.15) is 0 Å². The molecule has 1 aliphatic rings. The smallest absolute Gasteiger partial charge is 0.363 e. The molecule has 0 aliphatic carbocycles. The van der Waals surface area contributed by atoms with Crippen LogP contribution in [0.15, 0.2) is 59.7 Å². The van der Waals surface area contributed by atoms with E-state index in [1.165, 1.54) is 0 Å². The maximum atomic E-state index is 11.3. The summed E-state index contributed by atoms with van der Waals surface area (Å²) in [6.45, 7) is 3.53. The van der Waals surface area contributed by atoms with Crippen molar-refractivity contribution in [3.05, 3.63) is 60.3 Å². The van der Waals surface area contributed by atoms with Crippen LogP contribution in [0.3, 0.4) is 0 Å². The Morgan fingerprint density at radius 2 is 1.82 bits per heavy atom. The van der Waals surface area contributed by atoms with Crippen LogP contribution in [0.1, 0.15) is 5.56 Å². The number of benzene rings is 2. The van der Waals surface area contributed by atoms with Crippen molar-refractivity contribution in [2.75, 3.05) is 0 Å². The van der Waals surface area contributed by atoms with E-state index < -0.39 is 5.97 Å². The first-order valence-electron chi connectivity index (χ1n) is 5.23. The lowest BCUT2D eigenvalue weighted by Gasteiger charge is -2.04. The molecule has 0 amide bonds. The summed E-state index contributed by atoms with van der Waals surface area (Å²) in [7, 11) is 0. The summed E-state index contributed by atoms with van der Waals surface area (Å²) in [5.41, 5.74) is 0.961. The molecule has 17 heavy (non-hydrogen) atoms. The largest absolute Gasteiger partial charge is 0.402 e. The monoisotopic (exact) mass is 223 g/mol. The van der Waals surface area contributed by atoms with Gasteiger partial charge in [0, 0.05) is 5.56 Å². The molecule has 0 N–H and O–H groups in total. The lowest BCUT2D eigenvalue weighted by atomic mass is 10.0. The van der Waals surface area contributed by atoms with Gasteiger partial charge in [-0.1, -0.05) is 43.0 Å². The van der Waals surface area contributed by atoms with Crippen molar-refractivity contribution < 1.29 is 9.53 Å². The third kappa shape index (κ3) is 1.52. The Labute approximate surface area is 98.0 Å². The van der Waals surface area contributed by atoms with Gasteiger partial charge in [-0.15, -0.1) is 0 Å². The van der Waals surface area contributed by atoms with Crippen molar-refractivity contribution in [2.45, 2.75) is 0 Å². The van der Waals surface area contributed by atoms with Gasteiger partial charge in [0.05, 0.1) is 0 Å². The van der Waals surface area contributed by atoms with Gasteiger partial charge >= 0.3 is 5.97 Å². The van der Waals surface area contributed by atoms with E-state index in [-0.39, 0.29) is 5.70 Å². The van der Waals surface area contributed by atoms with Gasteiger partial charge in [-0.25, -0.2) is 9.79 Å². The number of fused-ring (bicyclic) bond motifs is 1. The molecule has 2 aromatic carbocycles. The predicted molar refractivity (Wildman–Crippen MR) is 65.7 cm³/mol. The summed E-state index contributed by atoms with van der Waals surface area (Å²) in [6.07, 6.45) is 0. The van der Waals surface area contributed by atoms with Crippen LogP contribution in [-0.2, 0) is 9.53 Å². The summed E-state index contributed by atoms with van der Waals surface area (Å²) in [5.74, 6) is -0.148. The molecule has 0 fully saturated rings. The molecule has 0 saturated heterocycles. The van der Waals surface area contributed by atoms with Crippen molar-refractivity contribution >= 4 is 22.6 Å². The average Bonchev–Trinajstić information content (AvgIpc) is 2.69. The van der Waals surface area contributed by atoms with Gasteiger partial charge in [0.15, 0.2) is 0 Å². The highest BCUT2D eigenvalue weighted by Crippen LogP contribution is 2.22. The van der Waals surface area contributed by atoms with Crippen LogP contribution in [0.4, 0.5) is 0 Å². The number of aliphatic imine (C=N–C) groups is 1. The summed E-state index contributed by atoms with van der Waals surface area (Å²) in [4.78, 5) is 15.3. The lowest BCUT2D eigenvalue weighted by Crippen LogP contribution is -2.05. The molecule has 3 rings (SSSR count). The van der Waals surface area contributed by atoms with Gasteiger partial charge in [0.25, 0.3) is 0 Å². The highest BCUT2D eigenvalue weighted by atomic mass is 16.6. The van der Waals surface area contributed by atoms with Gasteiger partial charge in [-0.05, 0) is 16.8 Å². The normalized spacial score (nSPS) is 14.9. The molecule has 2 aromatic rings. The van der Waals surface area contributed by atoms with E-state index in [4.69, 9.17) is 4.74 Å². The zero-order chi connectivity index (χ0) is 11.8. The summed E-state index contributed by atoms with van der Waals surface area (Å²) < 4.78 is 5.08. The zero-order valence-electron chi connectivity index (χ0n) is 9.01. The molecule has 0 spiro atoms. The topological polar surface area (TPSA) is 38.7 Å². The standard InChI is InChI=1S/C14H9NO2/c1-9-14(16)17-13(15-9)12-8-4-6-10-5-2-3-7-11(10)12/h2-8H,1H2. The van der Waals surface area contributed by atoms with Crippen LogP contribution < -0.4 is 0 Å². The van der Waals surface area contributed by atoms with Gasteiger partial charge in [0.2, 0.25) is 5.90 Å². The second-order valence-electron chi connectivity index (χ2n) is 3.78. The molecule has 0 saturated carbocycles. The Kier molecular flexibility index (Phi) is 2.05. The molecule has 0 atom stereocenters. The van der Waals surface area contributed by atoms with Crippen LogP contribution in [0, 0.1) is 0 Å². The minimum absolute atomic E-state index is 0.146. The van der Waals surface area contributed by atoms with E-state index in [0.717, 1.165) is 16.3 Å². The number of carbonyl (C=O) groups excluding carboxylic acids is 1. The maximum absolute atomic E-state index is 11.3. The molecular weight excluding hydrogens is 214 g/mol. The van der Waals surface area contributed by atoms with Gasteiger partial charge in [0.1, 0.15) is 5.70 Å². The number of cyclic esters (lactones) is 1. The first-order chi connectivity index (χ1) is 8.25. The van der Waals surface area contributed by atoms with Crippen LogP contribution in [0.25, 0.3) is 10.8 Å². The van der Waals surface area contributed by atoms with Crippen LogP contribution in [-0.4, -0.2) is 11.9 Å². The maximum Gasteiger partial charge on any atom is 0.363 e. The van der Waals surface area contributed by atoms with Crippen LogP contribution in [0.2, 0.25) is 0 Å². The number of nitrogens with zero attached hydrogens (tertiary/aromatic N) is 1. The Balaban J connectivity index is 2.22. The van der Waals surface area contributed by atoms with E-state index >= 15 is 0 Å². The summed E-state index contributed by atoms with van der Waals surface area (Å²) in [6, 6.07) is 13.7. The Hall–Kier alpha value is -2.42. The Morgan fingerprint density at radius 1 is 1.06 bits per heavy atom. The highest BCUT2D eigenvalue weighted by Gasteiger charge is 2.23. The molecule has 1 heterocycles.